The van der Waals surface area contributed by atoms with Gasteiger partial charge < -0.3 is 10.4 Å². The summed E-state index contributed by atoms with van der Waals surface area (Å²) in [4.78, 5) is 26.0. The van der Waals surface area contributed by atoms with E-state index in [2.05, 4.69) is 30.4 Å². The van der Waals surface area contributed by atoms with Crippen molar-refractivity contribution in [3.63, 3.8) is 0 Å². The van der Waals surface area contributed by atoms with Crippen molar-refractivity contribution in [2.75, 3.05) is 12.4 Å². The first-order valence-electron chi connectivity index (χ1n) is 9.59. The van der Waals surface area contributed by atoms with Gasteiger partial charge in [-0.05, 0) is 84.7 Å². The Balaban J connectivity index is 1.89. The Morgan fingerprint density at radius 1 is 1.25 bits per heavy atom. The summed E-state index contributed by atoms with van der Waals surface area (Å²) in [6.45, 7) is 4.09. The van der Waals surface area contributed by atoms with E-state index in [9.17, 15) is 14.7 Å². The van der Waals surface area contributed by atoms with Crippen LogP contribution in [0.2, 0.25) is 0 Å². The van der Waals surface area contributed by atoms with Crippen LogP contribution < -0.4 is 5.32 Å². The molecule has 144 valence electrons. The number of rotatable bonds is 4. The minimum absolute atomic E-state index is 0.0853. The summed E-state index contributed by atoms with van der Waals surface area (Å²) in [7, 11) is 1.90. The van der Waals surface area contributed by atoms with E-state index in [-0.39, 0.29) is 17.9 Å². The predicted octanol–water partition coefficient (Wildman–Crippen LogP) is 4.24. The lowest BCUT2D eigenvalue weighted by atomic mass is 9.91. The van der Waals surface area contributed by atoms with Crippen LogP contribution in [0.1, 0.15) is 37.3 Å². The second-order valence-electron chi connectivity index (χ2n) is 7.63. The van der Waals surface area contributed by atoms with Crippen LogP contribution in [0, 0.1) is 12.8 Å². The number of carbonyl (C=O) groups excluding carboxylic acids is 1. The van der Waals surface area contributed by atoms with Crippen molar-refractivity contribution in [2.45, 2.75) is 33.1 Å². The highest BCUT2D eigenvalue weighted by Gasteiger charge is 2.36. The first-order chi connectivity index (χ1) is 13.4. The topological polar surface area (TPSA) is 69.6 Å². The van der Waals surface area contributed by atoms with E-state index in [0.717, 1.165) is 52.1 Å². The van der Waals surface area contributed by atoms with Crippen molar-refractivity contribution in [2.24, 2.45) is 5.92 Å². The van der Waals surface area contributed by atoms with Gasteiger partial charge in [0.1, 0.15) is 0 Å². The summed E-state index contributed by atoms with van der Waals surface area (Å²) in [6, 6.07) is 6.27. The van der Waals surface area contributed by atoms with Crippen molar-refractivity contribution in [3.8, 4) is 0 Å². The molecule has 1 aromatic rings. The van der Waals surface area contributed by atoms with E-state index in [4.69, 9.17) is 0 Å². The van der Waals surface area contributed by atoms with Crippen LogP contribution in [0.4, 0.5) is 5.69 Å². The molecule has 0 bridgehead atoms. The normalized spacial score (nSPS) is 19.5. The fourth-order valence-corrected chi connectivity index (χ4v) is 4.04. The molecule has 28 heavy (non-hydrogen) atoms. The predicted molar refractivity (Wildman–Crippen MR) is 109 cm³/mol. The highest BCUT2D eigenvalue weighted by atomic mass is 16.4. The van der Waals surface area contributed by atoms with Gasteiger partial charge in [-0.3, -0.25) is 9.69 Å². The maximum Gasteiger partial charge on any atom is 0.332 e. The molecule has 3 aliphatic rings. The number of nitrogens with zero attached hydrogens (tertiary/aromatic N) is 1. The molecule has 0 aromatic heterocycles. The van der Waals surface area contributed by atoms with Gasteiger partial charge in [0, 0.05) is 24.5 Å². The molecule has 1 aliphatic carbocycles. The van der Waals surface area contributed by atoms with Crippen LogP contribution >= 0.6 is 0 Å². The van der Waals surface area contributed by atoms with Gasteiger partial charge in [0.25, 0.3) is 0 Å². The standard InChI is InChI=1S/C23H24N2O3/c1-13-10-16(6-7-20(13)24-3)18-8-9-25-21(26)12-17(23(27)28)11-19(15-4-5-15)22(25)14(18)2/h6-11,15,24H,4-5,12H2,1-3H3,(H,27,28). The maximum absolute atomic E-state index is 12.8. The maximum atomic E-state index is 12.8. The summed E-state index contributed by atoms with van der Waals surface area (Å²) >= 11 is 0. The Hall–Kier alpha value is -3.08. The molecule has 0 unspecified atom stereocenters. The number of carboxylic acids is 1. The van der Waals surface area contributed by atoms with Crippen LogP contribution in [0.25, 0.3) is 5.57 Å². The molecule has 0 spiro atoms. The van der Waals surface area contributed by atoms with Gasteiger partial charge in [0.05, 0.1) is 12.1 Å². The number of hydrogen-bond donors (Lipinski definition) is 2. The van der Waals surface area contributed by atoms with E-state index in [0.29, 0.717) is 5.92 Å². The number of carboxylic acid groups (broad SMARTS) is 1. The number of allylic oxidation sites excluding steroid dienone is 5. The number of amides is 1. The molecule has 2 heterocycles. The van der Waals surface area contributed by atoms with E-state index in [1.807, 2.05) is 20.0 Å². The average molecular weight is 376 g/mol. The third-order valence-electron chi connectivity index (χ3n) is 5.70. The minimum Gasteiger partial charge on any atom is -0.478 e. The van der Waals surface area contributed by atoms with Crippen LogP contribution in [-0.4, -0.2) is 28.9 Å². The molecule has 2 N–H and O–H groups in total. The number of nitrogens with one attached hydrogen (secondary N) is 1. The van der Waals surface area contributed by atoms with Gasteiger partial charge in [-0.2, -0.15) is 0 Å². The lowest BCUT2D eigenvalue weighted by Gasteiger charge is -2.29. The summed E-state index contributed by atoms with van der Waals surface area (Å²) in [5.74, 6) is -0.888. The molecule has 5 nitrogen and oxygen atoms in total. The molecule has 0 atom stereocenters. The smallest absolute Gasteiger partial charge is 0.332 e. The fourth-order valence-electron chi connectivity index (χ4n) is 4.04. The largest absolute Gasteiger partial charge is 0.478 e. The zero-order valence-corrected chi connectivity index (χ0v) is 16.4. The summed E-state index contributed by atoms with van der Waals surface area (Å²) in [5.41, 5.74) is 7.41. The van der Waals surface area contributed by atoms with Gasteiger partial charge in [-0.1, -0.05) is 6.07 Å². The Labute approximate surface area is 164 Å². The second-order valence-corrected chi connectivity index (χ2v) is 7.63. The Bertz CT molecular complexity index is 1010. The summed E-state index contributed by atoms with van der Waals surface area (Å²) in [5, 5.41) is 12.7. The van der Waals surface area contributed by atoms with E-state index < -0.39 is 5.97 Å². The number of aryl methyl sites for hydroxylation is 1. The molecular formula is C23H24N2O3. The van der Waals surface area contributed by atoms with E-state index in [1.54, 1.807) is 17.2 Å². The van der Waals surface area contributed by atoms with Gasteiger partial charge >= 0.3 is 5.97 Å². The zero-order chi connectivity index (χ0) is 20.0. The monoisotopic (exact) mass is 376 g/mol. The van der Waals surface area contributed by atoms with E-state index >= 15 is 0 Å². The zero-order valence-electron chi connectivity index (χ0n) is 16.4. The number of benzene rings is 1. The van der Waals surface area contributed by atoms with Crippen molar-refractivity contribution in [1.29, 1.82) is 0 Å². The average Bonchev–Trinajstić information content (AvgIpc) is 3.50. The Kier molecular flexibility index (Phi) is 4.46. The van der Waals surface area contributed by atoms with Gasteiger partial charge in [-0.25, -0.2) is 4.79 Å². The number of carbonyl (C=O) groups is 2. The lowest BCUT2D eigenvalue weighted by molar-refractivity contribution is -0.135. The molecule has 1 aromatic carbocycles. The van der Waals surface area contributed by atoms with E-state index in [1.165, 1.54) is 0 Å². The lowest BCUT2D eigenvalue weighted by Crippen LogP contribution is -2.28. The molecular weight excluding hydrogens is 352 g/mol. The highest BCUT2D eigenvalue weighted by molar-refractivity contribution is 5.98. The van der Waals surface area contributed by atoms with Crippen molar-refractivity contribution in [3.05, 3.63) is 70.1 Å². The van der Waals surface area contributed by atoms with Crippen LogP contribution in [-0.2, 0) is 9.59 Å². The number of aliphatic carboxylic acids is 1. The molecule has 0 saturated heterocycles. The molecule has 2 aliphatic heterocycles. The molecule has 1 saturated carbocycles. The SMILES string of the molecule is CNc1ccc(C2=C(C)C3=C(C4CC4)C=C(C(=O)O)CC(=O)N3C=C2)cc1C. The molecule has 1 fully saturated rings. The van der Waals surface area contributed by atoms with Crippen LogP contribution in [0.5, 0.6) is 0 Å². The summed E-state index contributed by atoms with van der Waals surface area (Å²) < 4.78 is 0. The van der Waals surface area contributed by atoms with Crippen molar-refractivity contribution >= 4 is 23.1 Å². The quantitative estimate of drug-likeness (QED) is 0.824. The van der Waals surface area contributed by atoms with Gasteiger partial charge in [0.15, 0.2) is 0 Å². The van der Waals surface area contributed by atoms with Crippen LogP contribution in [0.15, 0.2) is 59.0 Å². The minimum atomic E-state index is -1.02. The van der Waals surface area contributed by atoms with Crippen molar-refractivity contribution < 1.29 is 14.7 Å². The molecule has 4 rings (SSSR count). The molecule has 0 radical (unpaired) electrons. The third-order valence-corrected chi connectivity index (χ3v) is 5.70. The molecule has 5 heteroatoms. The highest BCUT2D eigenvalue weighted by Crippen LogP contribution is 2.45. The Morgan fingerprint density at radius 3 is 2.61 bits per heavy atom. The number of hydrogen-bond acceptors (Lipinski definition) is 3. The fraction of sp³-hybridized carbons (Fsp3) is 0.304. The number of anilines is 1. The van der Waals surface area contributed by atoms with Crippen LogP contribution in [0.3, 0.4) is 0 Å². The third kappa shape index (κ3) is 3.07. The number of fused-ring (bicyclic) bond motifs is 1. The first kappa shape index (κ1) is 18.3. The summed E-state index contributed by atoms with van der Waals surface area (Å²) in [6.07, 6.45) is 7.48. The molecule has 1 amide bonds. The van der Waals surface area contributed by atoms with Gasteiger partial charge in [0.2, 0.25) is 5.91 Å². The van der Waals surface area contributed by atoms with Crippen molar-refractivity contribution in [1.82, 2.24) is 4.90 Å². The second kappa shape index (κ2) is 6.82. The van der Waals surface area contributed by atoms with Gasteiger partial charge in [-0.15, -0.1) is 0 Å². The first-order valence-corrected chi connectivity index (χ1v) is 9.59. The Morgan fingerprint density at radius 2 is 2.00 bits per heavy atom.